The predicted octanol–water partition coefficient (Wildman–Crippen LogP) is 3.16. The Morgan fingerprint density at radius 3 is 2.90 bits per heavy atom. The molecule has 3 heterocycles. The number of hydrogen-bond donors (Lipinski definition) is 0. The van der Waals surface area contributed by atoms with Crippen molar-refractivity contribution < 1.29 is 0 Å². The van der Waals surface area contributed by atoms with Crippen molar-refractivity contribution in [1.82, 2.24) is 9.32 Å². The quantitative estimate of drug-likeness (QED) is 0.745. The first-order chi connectivity index (χ1) is 10.2. The molecular formula is C15H12Cl2N4. The summed E-state index contributed by atoms with van der Waals surface area (Å²) in [5, 5.41) is 0.723. The number of rotatable bonds is 1. The molecule has 0 aliphatic carbocycles. The Kier molecular flexibility index (Phi) is 3.01. The monoisotopic (exact) mass is 318 g/mol. The zero-order valence-electron chi connectivity index (χ0n) is 11.1. The van der Waals surface area contributed by atoms with Gasteiger partial charge in [-0.1, -0.05) is 29.8 Å². The molecule has 4 rings (SSSR count). The van der Waals surface area contributed by atoms with Crippen LogP contribution in [0.1, 0.15) is 5.56 Å². The number of halogens is 2. The molecule has 0 bridgehead atoms. The molecule has 0 spiro atoms. The Morgan fingerprint density at radius 2 is 2.05 bits per heavy atom. The minimum Gasteiger partial charge on any atom is -0.324 e. The minimum absolute atomic E-state index is 0.631. The number of allylic oxidation sites excluding steroid dienone is 1. The summed E-state index contributed by atoms with van der Waals surface area (Å²) in [5.74, 6) is 0.962. The molecule has 1 aromatic carbocycles. The molecule has 0 fully saturated rings. The summed E-state index contributed by atoms with van der Waals surface area (Å²) in [4.78, 5) is 11.3. The maximum absolute atomic E-state index is 6.35. The second-order valence-corrected chi connectivity index (χ2v) is 5.87. The van der Waals surface area contributed by atoms with E-state index >= 15 is 0 Å². The number of amidine groups is 1. The third-order valence-corrected chi connectivity index (χ3v) is 4.31. The molecule has 4 nitrogen and oxygen atoms in total. The summed E-state index contributed by atoms with van der Waals surface area (Å²) in [6.07, 6.45) is 3.69. The van der Waals surface area contributed by atoms with Crippen LogP contribution in [0.4, 0.5) is 0 Å². The fraction of sp³-hybridized carbons (Fsp3) is 0.200. The standard InChI is InChI=1S/C15H12Cl2N4/c16-12-4-2-1-3-10(12)11-7-13-14(8-20(17)9-19-13)21-6-5-18-15(11)21/h1-4,7,9H,5-6,8H2. The number of aliphatic imine (C=N–C) groups is 2. The topological polar surface area (TPSA) is 31.2 Å². The van der Waals surface area contributed by atoms with E-state index in [0.29, 0.717) is 6.54 Å². The van der Waals surface area contributed by atoms with Crippen molar-refractivity contribution in [3.05, 3.63) is 52.3 Å². The van der Waals surface area contributed by atoms with E-state index in [2.05, 4.69) is 21.0 Å². The van der Waals surface area contributed by atoms with Gasteiger partial charge in [-0.3, -0.25) is 9.41 Å². The van der Waals surface area contributed by atoms with Crippen LogP contribution in [0.5, 0.6) is 0 Å². The lowest BCUT2D eigenvalue weighted by atomic mass is 9.98. The maximum Gasteiger partial charge on any atom is 0.136 e. The van der Waals surface area contributed by atoms with Gasteiger partial charge in [0.05, 0.1) is 24.5 Å². The van der Waals surface area contributed by atoms with Crippen LogP contribution >= 0.6 is 23.4 Å². The van der Waals surface area contributed by atoms with Crippen molar-refractivity contribution in [3.8, 4) is 0 Å². The zero-order valence-corrected chi connectivity index (χ0v) is 12.6. The van der Waals surface area contributed by atoms with Crippen LogP contribution in [-0.2, 0) is 0 Å². The third kappa shape index (κ3) is 2.06. The lowest BCUT2D eigenvalue weighted by Gasteiger charge is -2.33. The van der Waals surface area contributed by atoms with E-state index in [4.69, 9.17) is 23.4 Å². The van der Waals surface area contributed by atoms with Crippen molar-refractivity contribution in [2.75, 3.05) is 19.6 Å². The molecule has 106 valence electrons. The van der Waals surface area contributed by atoms with E-state index in [1.807, 2.05) is 24.3 Å². The molecule has 6 heteroatoms. The van der Waals surface area contributed by atoms with Crippen molar-refractivity contribution >= 4 is 41.1 Å². The molecule has 3 aliphatic heterocycles. The van der Waals surface area contributed by atoms with Crippen molar-refractivity contribution in [3.63, 3.8) is 0 Å². The van der Waals surface area contributed by atoms with Gasteiger partial charge in [0.2, 0.25) is 0 Å². The molecule has 0 atom stereocenters. The normalized spacial score (nSPS) is 20.3. The summed E-state index contributed by atoms with van der Waals surface area (Å²) in [5.41, 5.74) is 4.04. The molecule has 0 N–H and O–H groups in total. The molecule has 0 radical (unpaired) electrons. The lowest BCUT2D eigenvalue weighted by Crippen LogP contribution is -2.37. The molecule has 0 unspecified atom stereocenters. The van der Waals surface area contributed by atoms with E-state index < -0.39 is 0 Å². The van der Waals surface area contributed by atoms with Crippen LogP contribution in [0.15, 0.2) is 51.7 Å². The molecule has 3 aliphatic rings. The lowest BCUT2D eigenvalue weighted by molar-refractivity contribution is 0.500. The van der Waals surface area contributed by atoms with E-state index in [0.717, 1.165) is 46.5 Å². The number of nitrogens with zero attached hydrogens (tertiary/aromatic N) is 4. The van der Waals surface area contributed by atoms with Gasteiger partial charge < -0.3 is 4.90 Å². The second-order valence-electron chi connectivity index (χ2n) is 5.03. The van der Waals surface area contributed by atoms with E-state index in [1.165, 1.54) is 0 Å². The third-order valence-electron chi connectivity index (χ3n) is 3.77. The Balaban J connectivity index is 1.88. The van der Waals surface area contributed by atoms with Gasteiger partial charge in [-0.05, 0) is 12.1 Å². The molecule has 0 saturated carbocycles. The van der Waals surface area contributed by atoms with Crippen molar-refractivity contribution in [2.45, 2.75) is 0 Å². The fourth-order valence-corrected chi connectivity index (χ4v) is 3.22. The first-order valence-electron chi connectivity index (χ1n) is 6.73. The molecule has 21 heavy (non-hydrogen) atoms. The van der Waals surface area contributed by atoms with Gasteiger partial charge in [0, 0.05) is 34.5 Å². The van der Waals surface area contributed by atoms with Crippen LogP contribution in [0.3, 0.4) is 0 Å². The number of benzene rings is 1. The summed E-state index contributed by atoms with van der Waals surface area (Å²) >= 11 is 12.4. The predicted molar refractivity (Wildman–Crippen MR) is 86.5 cm³/mol. The summed E-state index contributed by atoms with van der Waals surface area (Å²) < 4.78 is 1.56. The van der Waals surface area contributed by atoms with Gasteiger partial charge in [-0.2, -0.15) is 0 Å². The highest BCUT2D eigenvalue weighted by molar-refractivity contribution is 6.36. The van der Waals surface area contributed by atoms with Crippen LogP contribution in [0.2, 0.25) is 5.02 Å². The fourth-order valence-electron chi connectivity index (χ4n) is 2.83. The summed E-state index contributed by atoms with van der Waals surface area (Å²) in [6.45, 7) is 2.27. The van der Waals surface area contributed by atoms with Gasteiger partial charge in [0.25, 0.3) is 0 Å². The maximum atomic E-state index is 6.35. The van der Waals surface area contributed by atoms with Crippen molar-refractivity contribution in [2.24, 2.45) is 9.98 Å². The van der Waals surface area contributed by atoms with Gasteiger partial charge >= 0.3 is 0 Å². The van der Waals surface area contributed by atoms with Crippen LogP contribution in [0, 0.1) is 0 Å². The average Bonchev–Trinajstić information content (AvgIpc) is 2.97. The molecular weight excluding hydrogens is 307 g/mol. The Bertz CT molecular complexity index is 733. The molecule has 1 aromatic rings. The Morgan fingerprint density at radius 1 is 1.19 bits per heavy atom. The molecule has 0 saturated heterocycles. The number of hydrogen-bond acceptors (Lipinski definition) is 4. The van der Waals surface area contributed by atoms with E-state index in [1.54, 1.807) is 10.8 Å². The minimum atomic E-state index is 0.631. The van der Waals surface area contributed by atoms with Gasteiger partial charge in [-0.25, -0.2) is 4.99 Å². The second kappa shape index (κ2) is 4.90. The highest BCUT2D eigenvalue weighted by Crippen LogP contribution is 2.36. The molecule has 0 amide bonds. The summed E-state index contributed by atoms with van der Waals surface area (Å²) in [6, 6.07) is 7.82. The Hall–Kier alpha value is -1.78. The van der Waals surface area contributed by atoms with E-state index in [-0.39, 0.29) is 0 Å². The van der Waals surface area contributed by atoms with E-state index in [9.17, 15) is 0 Å². The smallest absolute Gasteiger partial charge is 0.136 e. The zero-order chi connectivity index (χ0) is 14.4. The van der Waals surface area contributed by atoms with Crippen LogP contribution < -0.4 is 0 Å². The highest BCUT2D eigenvalue weighted by Gasteiger charge is 2.32. The first-order valence-corrected chi connectivity index (χ1v) is 7.44. The van der Waals surface area contributed by atoms with Crippen LogP contribution in [0.25, 0.3) is 5.57 Å². The molecule has 0 aromatic heterocycles. The SMILES string of the molecule is Clc1ccccc1C1=CC2=C(CN(Cl)C=N2)N2CCN=C12. The Labute approximate surface area is 132 Å². The highest BCUT2D eigenvalue weighted by atomic mass is 35.5. The van der Waals surface area contributed by atoms with Gasteiger partial charge in [0.15, 0.2) is 0 Å². The van der Waals surface area contributed by atoms with Crippen molar-refractivity contribution in [1.29, 1.82) is 0 Å². The largest absolute Gasteiger partial charge is 0.324 e. The number of fused-ring (bicyclic) bond motifs is 2. The van der Waals surface area contributed by atoms with Gasteiger partial charge in [-0.15, -0.1) is 0 Å². The average molecular weight is 319 g/mol. The van der Waals surface area contributed by atoms with Crippen LogP contribution in [-0.4, -0.2) is 41.1 Å². The summed E-state index contributed by atoms with van der Waals surface area (Å²) in [7, 11) is 0. The van der Waals surface area contributed by atoms with Gasteiger partial charge in [0.1, 0.15) is 12.2 Å². The first kappa shape index (κ1) is 12.9.